The highest BCUT2D eigenvalue weighted by atomic mass is 16.5. The Morgan fingerprint density at radius 2 is 1.62 bits per heavy atom. The summed E-state index contributed by atoms with van der Waals surface area (Å²) in [5, 5.41) is 0. The van der Waals surface area contributed by atoms with Gasteiger partial charge in [-0.25, -0.2) is 0 Å². The Morgan fingerprint density at radius 3 is 2.29 bits per heavy atom. The molecule has 2 aromatic carbocycles. The minimum atomic E-state index is 0.516. The topological polar surface area (TPSA) is 27.7 Å². The fourth-order valence-corrected chi connectivity index (χ4v) is 1.83. The molecule has 0 bridgehead atoms. The number of para-hydroxylation sites is 1. The van der Waals surface area contributed by atoms with E-state index in [1.807, 2.05) is 61.5 Å². The predicted molar refractivity (Wildman–Crippen MR) is 84.5 cm³/mol. The van der Waals surface area contributed by atoms with Gasteiger partial charge in [-0.15, -0.1) is 0 Å². The van der Waals surface area contributed by atoms with E-state index in [1.54, 1.807) is 13.4 Å². The molecule has 0 fully saturated rings. The van der Waals surface area contributed by atoms with Gasteiger partial charge in [-0.2, -0.15) is 0 Å². The Kier molecular flexibility index (Phi) is 5.71. The van der Waals surface area contributed by atoms with E-state index in [0.29, 0.717) is 13.2 Å². The summed E-state index contributed by atoms with van der Waals surface area (Å²) < 4.78 is 16.2. The van der Waals surface area contributed by atoms with Crippen LogP contribution in [0.25, 0.3) is 5.57 Å². The van der Waals surface area contributed by atoms with Crippen LogP contribution in [-0.4, -0.2) is 20.3 Å². The van der Waals surface area contributed by atoms with Crippen LogP contribution in [0.1, 0.15) is 12.5 Å². The van der Waals surface area contributed by atoms with Gasteiger partial charge in [0.05, 0.1) is 13.4 Å². The Hall–Kier alpha value is -2.42. The maximum Gasteiger partial charge on any atom is 0.122 e. The van der Waals surface area contributed by atoms with Gasteiger partial charge in [-0.05, 0) is 42.3 Å². The number of hydrogen-bond donors (Lipinski definition) is 0. The molecular formula is C18H20O3. The van der Waals surface area contributed by atoms with Gasteiger partial charge >= 0.3 is 0 Å². The SMILES string of the molecule is COc1ccc(C(C)=COCCOc2ccccc2)cc1. The summed E-state index contributed by atoms with van der Waals surface area (Å²) in [5.41, 5.74) is 2.18. The van der Waals surface area contributed by atoms with Crippen LogP contribution in [0.2, 0.25) is 0 Å². The summed E-state index contributed by atoms with van der Waals surface area (Å²) in [6.45, 7) is 3.05. The maximum absolute atomic E-state index is 5.55. The predicted octanol–water partition coefficient (Wildman–Crippen LogP) is 4.15. The molecule has 0 atom stereocenters. The largest absolute Gasteiger partial charge is 0.497 e. The zero-order valence-corrected chi connectivity index (χ0v) is 12.4. The zero-order chi connectivity index (χ0) is 14.9. The molecule has 3 nitrogen and oxygen atoms in total. The van der Waals surface area contributed by atoms with E-state index >= 15 is 0 Å². The van der Waals surface area contributed by atoms with E-state index in [2.05, 4.69) is 0 Å². The first-order valence-corrected chi connectivity index (χ1v) is 6.90. The van der Waals surface area contributed by atoms with Crippen molar-refractivity contribution < 1.29 is 14.2 Å². The highest BCUT2D eigenvalue weighted by molar-refractivity contribution is 5.63. The zero-order valence-electron chi connectivity index (χ0n) is 12.4. The molecule has 21 heavy (non-hydrogen) atoms. The lowest BCUT2D eigenvalue weighted by molar-refractivity contribution is 0.179. The van der Waals surface area contributed by atoms with Crippen LogP contribution >= 0.6 is 0 Å². The fraction of sp³-hybridized carbons (Fsp3) is 0.222. The van der Waals surface area contributed by atoms with Crippen molar-refractivity contribution >= 4 is 5.57 Å². The van der Waals surface area contributed by atoms with E-state index in [1.165, 1.54) is 0 Å². The highest BCUT2D eigenvalue weighted by Crippen LogP contribution is 2.18. The number of benzene rings is 2. The lowest BCUT2D eigenvalue weighted by Crippen LogP contribution is -2.03. The highest BCUT2D eigenvalue weighted by Gasteiger charge is 1.97. The molecule has 0 aliphatic rings. The van der Waals surface area contributed by atoms with Crippen LogP contribution in [0.4, 0.5) is 0 Å². The minimum absolute atomic E-state index is 0.516. The van der Waals surface area contributed by atoms with Crippen molar-refractivity contribution in [3.63, 3.8) is 0 Å². The molecule has 0 aliphatic carbocycles. The lowest BCUT2D eigenvalue weighted by atomic mass is 10.1. The van der Waals surface area contributed by atoms with Gasteiger partial charge in [0.1, 0.15) is 24.7 Å². The Labute approximate surface area is 125 Å². The van der Waals surface area contributed by atoms with Crippen molar-refractivity contribution in [2.24, 2.45) is 0 Å². The molecule has 2 aromatic rings. The van der Waals surface area contributed by atoms with E-state index in [9.17, 15) is 0 Å². The molecule has 0 saturated carbocycles. The van der Waals surface area contributed by atoms with Crippen molar-refractivity contribution in [1.82, 2.24) is 0 Å². The van der Waals surface area contributed by atoms with Crippen LogP contribution in [0.15, 0.2) is 60.9 Å². The van der Waals surface area contributed by atoms with Crippen LogP contribution in [-0.2, 0) is 4.74 Å². The third kappa shape index (κ3) is 4.88. The second-order valence-corrected chi connectivity index (χ2v) is 4.56. The van der Waals surface area contributed by atoms with Gasteiger partial charge in [0, 0.05) is 0 Å². The molecule has 0 aliphatic heterocycles. The van der Waals surface area contributed by atoms with Gasteiger partial charge in [0.25, 0.3) is 0 Å². The Bertz CT molecular complexity index is 559. The number of rotatable bonds is 7. The minimum Gasteiger partial charge on any atom is -0.497 e. The van der Waals surface area contributed by atoms with Gasteiger partial charge in [0.15, 0.2) is 0 Å². The summed E-state index contributed by atoms with van der Waals surface area (Å²) in [4.78, 5) is 0. The van der Waals surface area contributed by atoms with Crippen LogP contribution in [0.5, 0.6) is 11.5 Å². The van der Waals surface area contributed by atoms with Gasteiger partial charge in [-0.1, -0.05) is 30.3 Å². The molecule has 3 heteroatoms. The number of allylic oxidation sites excluding steroid dienone is 1. The van der Waals surface area contributed by atoms with Crippen LogP contribution < -0.4 is 9.47 Å². The smallest absolute Gasteiger partial charge is 0.122 e. The third-order valence-electron chi connectivity index (χ3n) is 3.02. The summed E-state index contributed by atoms with van der Waals surface area (Å²) in [6, 6.07) is 17.6. The number of ether oxygens (including phenoxy) is 3. The maximum atomic E-state index is 5.55. The summed E-state index contributed by atoms with van der Waals surface area (Å²) in [6.07, 6.45) is 1.76. The first kappa shape index (κ1) is 15.0. The summed E-state index contributed by atoms with van der Waals surface area (Å²) >= 11 is 0. The van der Waals surface area contributed by atoms with E-state index in [-0.39, 0.29) is 0 Å². The molecule has 0 radical (unpaired) electrons. The van der Waals surface area contributed by atoms with Crippen molar-refractivity contribution in [3.05, 3.63) is 66.4 Å². The fourth-order valence-electron chi connectivity index (χ4n) is 1.83. The quantitative estimate of drug-likeness (QED) is 0.564. The summed E-state index contributed by atoms with van der Waals surface area (Å²) in [5.74, 6) is 1.71. The second kappa shape index (κ2) is 8.00. The molecule has 0 spiro atoms. The van der Waals surface area contributed by atoms with E-state index < -0.39 is 0 Å². The molecule has 0 unspecified atom stereocenters. The molecule has 0 aromatic heterocycles. The Balaban J connectivity index is 1.75. The molecule has 110 valence electrons. The van der Waals surface area contributed by atoms with Crippen molar-refractivity contribution in [3.8, 4) is 11.5 Å². The summed E-state index contributed by atoms with van der Waals surface area (Å²) in [7, 11) is 1.66. The van der Waals surface area contributed by atoms with Gasteiger partial charge in [0.2, 0.25) is 0 Å². The lowest BCUT2D eigenvalue weighted by Gasteiger charge is -2.07. The molecule has 0 N–H and O–H groups in total. The monoisotopic (exact) mass is 284 g/mol. The Morgan fingerprint density at radius 1 is 0.905 bits per heavy atom. The first-order valence-electron chi connectivity index (χ1n) is 6.90. The van der Waals surface area contributed by atoms with Crippen LogP contribution in [0.3, 0.4) is 0 Å². The van der Waals surface area contributed by atoms with E-state index in [0.717, 1.165) is 22.6 Å². The average Bonchev–Trinajstić information content (AvgIpc) is 2.55. The number of hydrogen-bond acceptors (Lipinski definition) is 3. The molecule has 2 rings (SSSR count). The van der Waals surface area contributed by atoms with Crippen molar-refractivity contribution in [2.75, 3.05) is 20.3 Å². The van der Waals surface area contributed by atoms with Crippen molar-refractivity contribution in [1.29, 1.82) is 0 Å². The second-order valence-electron chi connectivity index (χ2n) is 4.56. The van der Waals surface area contributed by atoms with Crippen molar-refractivity contribution in [2.45, 2.75) is 6.92 Å². The normalized spacial score (nSPS) is 11.0. The van der Waals surface area contributed by atoms with Crippen LogP contribution in [0, 0.1) is 0 Å². The third-order valence-corrected chi connectivity index (χ3v) is 3.02. The number of methoxy groups -OCH3 is 1. The standard InChI is InChI=1S/C18H20O3/c1-15(16-8-10-17(19-2)11-9-16)14-20-12-13-21-18-6-4-3-5-7-18/h3-11,14H,12-13H2,1-2H3. The van der Waals surface area contributed by atoms with E-state index in [4.69, 9.17) is 14.2 Å². The first-order chi connectivity index (χ1) is 10.3. The van der Waals surface area contributed by atoms with Gasteiger partial charge in [-0.3, -0.25) is 0 Å². The molecule has 0 amide bonds. The molecule has 0 saturated heterocycles. The molecule has 0 heterocycles. The average molecular weight is 284 g/mol. The molecular weight excluding hydrogens is 264 g/mol. The van der Waals surface area contributed by atoms with Gasteiger partial charge < -0.3 is 14.2 Å².